The molecule has 8 nitrogen and oxygen atoms in total. The molecular formula is C13H9N3O5S. The topological polar surface area (TPSA) is 117 Å². The minimum Gasteiger partial charge on any atom is -0.508 e. The number of hydrogen-bond donors (Lipinski definition) is 2. The smallest absolute Gasteiger partial charge is 0.353 e. The average Bonchev–Trinajstić information content (AvgIpc) is 2.99. The first-order valence-electron chi connectivity index (χ1n) is 6.02. The molecule has 1 amide bonds. The van der Waals surface area contributed by atoms with Gasteiger partial charge in [0.05, 0.1) is 5.39 Å². The van der Waals surface area contributed by atoms with Crippen LogP contribution in [0.4, 0.5) is 5.13 Å². The molecule has 9 heteroatoms. The van der Waals surface area contributed by atoms with Gasteiger partial charge >= 0.3 is 5.63 Å². The van der Waals surface area contributed by atoms with Crippen molar-refractivity contribution in [2.24, 2.45) is 0 Å². The molecule has 2 aromatic heterocycles. The summed E-state index contributed by atoms with van der Waals surface area (Å²) in [6, 6.07) is 3.84. The number of nitrogens with zero attached hydrogens (tertiary/aromatic N) is 3. The Bertz CT molecular complexity index is 919. The Labute approximate surface area is 126 Å². The largest absolute Gasteiger partial charge is 0.508 e. The lowest BCUT2D eigenvalue weighted by Gasteiger charge is -2.13. The molecule has 0 aliphatic carbocycles. The van der Waals surface area contributed by atoms with Gasteiger partial charge in [0.15, 0.2) is 5.56 Å². The summed E-state index contributed by atoms with van der Waals surface area (Å²) in [4.78, 5) is 25.5. The van der Waals surface area contributed by atoms with Gasteiger partial charge in [0.1, 0.15) is 22.6 Å². The zero-order chi connectivity index (χ0) is 15.9. The first-order chi connectivity index (χ1) is 10.5. The summed E-state index contributed by atoms with van der Waals surface area (Å²) in [5, 5.41) is 27.3. The Hall–Kier alpha value is -2.94. The monoisotopic (exact) mass is 319 g/mol. The minimum absolute atomic E-state index is 0.0161. The lowest BCUT2D eigenvalue weighted by Crippen LogP contribution is -2.30. The normalized spacial score (nSPS) is 10.8. The summed E-state index contributed by atoms with van der Waals surface area (Å²) in [5.74, 6) is -1.40. The molecule has 0 bridgehead atoms. The lowest BCUT2D eigenvalue weighted by molar-refractivity contribution is 0.0986. The van der Waals surface area contributed by atoms with Crippen molar-refractivity contribution in [2.45, 2.75) is 0 Å². The summed E-state index contributed by atoms with van der Waals surface area (Å²) in [7, 11) is 1.41. The van der Waals surface area contributed by atoms with E-state index in [2.05, 4.69) is 10.2 Å². The molecular weight excluding hydrogens is 310 g/mol. The SMILES string of the molecule is CN(C(=O)c1c(O)c2ccc(O)cc2oc1=O)c1nncs1. The highest BCUT2D eigenvalue weighted by Crippen LogP contribution is 2.30. The Morgan fingerprint density at radius 3 is 2.82 bits per heavy atom. The van der Waals surface area contributed by atoms with E-state index in [1.807, 2.05) is 0 Å². The predicted molar refractivity (Wildman–Crippen MR) is 78.5 cm³/mol. The predicted octanol–water partition coefficient (Wildman–Crippen LogP) is 1.33. The molecule has 112 valence electrons. The van der Waals surface area contributed by atoms with Crippen LogP contribution in [0.1, 0.15) is 10.4 Å². The molecule has 0 radical (unpaired) electrons. The van der Waals surface area contributed by atoms with E-state index in [-0.39, 0.29) is 21.9 Å². The van der Waals surface area contributed by atoms with Crippen LogP contribution in [0.15, 0.2) is 32.9 Å². The molecule has 0 aliphatic heterocycles. The van der Waals surface area contributed by atoms with Crippen molar-refractivity contribution >= 4 is 33.3 Å². The third-order valence-corrected chi connectivity index (χ3v) is 3.78. The first kappa shape index (κ1) is 14.0. The third-order valence-electron chi connectivity index (χ3n) is 3.02. The van der Waals surface area contributed by atoms with E-state index in [9.17, 15) is 19.8 Å². The zero-order valence-electron chi connectivity index (χ0n) is 11.2. The molecule has 3 rings (SSSR count). The van der Waals surface area contributed by atoms with Gasteiger partial charge in [-0.25, -0.2) is 4.79 Å². The van der Waals surface area contributed by atoms with E-state index in [0.29, 0.717) is 0 Å². The molecule has 0 saturated heterocycles. The number of fused-ring (bicyclic) bond motifs is 1. The molecule has 1 aromatic carbocycles. The molecule has 22 heavy (non-hydrogen) atoms. The highest BCUT2D eigenvalue weighted by Gasteiger charge is 2.26. The van der Waals surface area contributed by atoms with Crippen molar-refractivity contribution in [3.05, 3.63) is 39.7 Å². The van der Waals surface area contributed by atoms with Crippen LogP contribution in [0.5, 0.6) is 11.5 Å². The van der Waals surface area contributed by atoms with Crippen LogP contribution >= 0.6 is 11.3 Å². The maximum Gasteiger partial charge on any atom is 0.353 e. The quantitative estimate of drug-likeness (QED) is 0.684. The molecule has 0 atom stereocenters. The van der Waals surface area contributed by atoms with Gasteiger partial charge < -0.3 is 14.6 Å². The number of amides is 1. The van der Waals surface area contributed by atoms with Crippen LogP contribution < -0.4 is 10.5 Å². The van der Waals surface area contributed by atoms with Crippen LogP contribution in [0.25, 0.3) is 11.0 Å². The molecule has 3 aromatic rings. The van der Waals surface area contributed by atoms with E-state index < -0.39 is 22.8 Å². The number of benzene rings is 1. The number of carbonyl (C=O) groups is 1. The number of carbonyl (C=O) groups excluding carboxylic acids is 1. The number of aromatic nitrogens is 2. The Morgan fingerprint density at radius 2 is 2.14 bits per heavy atom. The van der Waals surface area contributed by atoms with Gasteiger partial charge in [0, 0.05) is 13.1 Å². The maximum atomic E-state index is 12.4. The van der Waals surface area contributed by atoms with Crippen LogP contribution in [0, 0.1) is 0 Å². The second-order valence-corrected chi connectivity index (χ2v) is 5.19. The standard InChI is InChI=1S/C13H9N3O5S/c1-16(13-15-14-5-22-13)11(19)9-10(18)7-3-2-6(17)4-8(7)21-12(9)20/h2-5,17-18H,1H3. The average molecular weight is 319 g/mol. The molecule has 0 aliphatic rings. The highest BCUT2D eigenvalue weighted by atomic mass is 32.1. The number of hydrogen-bond acceptors (Lipinski definition) is 8. The van der Waals surface area contributed by atoms with Gasteiger partial charge in [-0.3, -0.25) is 9.69 Å². The summed E-state index contributed by atoms with van der Waals surface area (Å²) >= 11 is 1.11. The Balaban J connectivity index is 2.17. The fraction of sp³-hybridized carbons (Fsp3) is 0.0769. The van der Waals surface area contributed by atoms with Gasteiger partial charge in [0.25, 0.3) is 5.91 Å². The second-order valence-electron chi connectivity index (χ2n) is 4.38. The maximum absolute atomic E-state index is 12.4. The van der Waals surface area contributed by atoms with Gasteiger partial charge in [-0.05, 0) is 12.1 Å². The van der Waals surface area contributed by atoms with Crippen molar-refractivity contribution in [3.8, 4) is 11.5 Å². The molecule has 0 spiro atoms. The van der Waals surface area contributed by atoms with Crippen LogP contribution in [-0.4, -0.2) is 33.4 Å². The van der Waals surface area contributed by atoms with E-state index in [4.69, 9.17) is 4.42 Å². The lowest BCUT2D eigenvalue weighted by atomic mass is 10.1. The van der Waals surface area contributed by atoms with Gasteiger partial charge in [0.2, 0.25) is 5.13 Å². The summed E-state index contributed by atoms with van der Waals surface area (Å²) in [6.45, 7) is 0. The van der Waals surface area contributed by atoms with E-state index >= 15 is 0 Å². The summed E-state index contributed by atoms with van der Waals surface area (Å²) in [6.07, 6.45) is 0. The molecule has 0 fully saturated rings. The molecule has 0 unspecified atom stereocenters. The number of rotatable bonds is 2. The summed E-state index contributed by atoms with van der Waals surface area (Å²) in [5.41, 5.74) is -0.0876. The fourth-order valence-corrected chi connectivity index (χ4v) is 2.45. The summed E-state index contributed by atoms with van der Waals surface area (Å²) < 4.78 is 4.99. The minimum atomic E-state index is -1.00. The van der Waals surface area contributed by atoms with E-state index in [0.717, 1.165) is 16.2 Å². The number of aromatic hydroxyl groups is 2. The van der Waals surface area contributed by atoms with Crippen LogP contribution in [0.3, 0.4) is 0 Å². The second kappa shape index (κ2) is 5.11. The van der Waals surface area contributed by atoms with Gasteiger partial charge in [-0.1, -0.05) is 11.3 Å². The third kappa shape index (κ3) is 2.17. The van der Waals surface area contributed by atoms with E-state index in [1.165, 1.54) is 30.8 Å². The zero-order valence-corrected chi connectivity index (χ0v) is 12.0. The van der Waals surface area contributed by atoms with Crippen molar-refractivity contribution < 1.29 is 19.4 Å². The highest BCUT2D eigenvalue weighted by molar-refractivity contribution is 7.13. The fourth-order valence-electron chi connectivity index (χ4n) is 1.93. The molecule has 2 heterocycles. The Morgan fingerprint density at radius 1 is 1.36 bits per heavy atom. The Kier molecular flexibility index (Phi) is 3.26. The van der Waals surface area contributed by atoms with Crippen molar-refractivity contribution in [1.82, 2.24) is 10.2 Å². The van der Waals surface area contributed by atoms with Crippen molar-refractivity contribution in [3.63, 3.8) is 0 Å². The van der Waals surface area contributed by atoms with Crippen LogP contribution in [0.2, 0.25) is 0 Å². The number of phenols is 1. The molecule has 0 saturated carbocycles. The number of phenolic OH excluding ortho intramolecular Hbond substituents is 1. The van der Waals surface area contributed by atoms with Gasteiger partial charge in [-0.2, -0.15) is 0 Å². The van der Waals surface area contributed by atoms with E-state index in [1.54, 1.807) is 0 Å². The molecule has 2 N–H and O–H groups in total. The first-order valence-corrected chi connectivity index (χ1v) is 6.90. The van der Waals surface area contributed by atoms with Crippen molar-refractivity contribution in [1.29, 1.82) is 0 Å². The van der Waals surface area contributed by atoms with Crippen molar-refractivity contribution in [2.75, 3.05) is 11.9 Å². The number of anilines is 1. The van der Waals surface area contributed by atoms with Crippen LogP contribution in [-0.2, 0) is 0 Å². The van der Waals surface area contributed by atoms with Gasteiger partial charge in [-0.15, -0.1) is 10.2 Å².